The van der Waals surface area contributed by atoms with Gasteiger partial charge >= 0.3 is 6.09 Å². The van der Waals surface area contributed by atoms with E-state index in [1.807, 2.05) is 13.0 Å². The minimum absolute atomic E-state index is 0.0596. The van der Waals surface area contributed by atoms with Gasteiger partial charge in [-0.25, -0.2) is 18.2 Å². The van der Waals surface area contributed by atoms with Gasteiger partial charge in [-0.1, -0.05) is 20.8 Å². The number of carboxylic acid groups (broad SMARTS) is 1. The summed E-state index contributed by atoms with van der Waals surface area (Å²) in [5.74, 6) is 1.62. The SMILES string of the molecule is Cc1cc(Nc2cc3ncc(S(C)(=O)=O)cc3c(N[C@H]3C[C@@H]4CCC[C@](C(C)(C)C)(C3)N4C(=O)O)n2)n[nH]1. The van der Waals surface area contributed by atoms with Crippen molar-refractivity contribution in [3.8, 4) is 0 Å². The molecule has 11 nitrogen and oxygen atoms in total. The minimum Gasteiger partial charge on any atom is -0.465 e. The van der Waals surface area contributed by atoms with Crippen LogP contribution in [-0.4, -0.2) is 68.6 Å². The lowest BCUT2D eigenvalue weighted by Gasteiger charge is -2.61. The molecule has 12 heteroatoms. The first-order valence-corrected chi connectivity index (χ1v) is 14.7. The molecule has 0 saturated carbocycles. The van der Waals surface area contributed by atoms with Crippen molar-refractivity contribution in [1.29, 1.82) is 0 Å². The number of anilines is 3. The molecule has 0 radical (unpaired) electrons. The zero-order valence-corrected chi connectivity index (χ0v) is 23.2. The van der Waals surface area contributed by atoms with E-state index in [2.05, 4.69) is 46.6 Å². The van der Waals surface area contributed by atoms with Crippen LogP contribution in [-0.2, 0) is 9.84 Å². The van der Waals surface area contributed by atoms with Gasteiger partial charge < -0.3 is 15.7 Å². The largest absolute Gasteiger partial charge is 0.465 e. The molecule has 4 N–H and O–H groups in total. The lowest BCUT2D eigenvalue weighted by atomic mass is 9.60. The smallest absolute Gasteiger partial charge is 0.408 e. The minimum atomic E-state index is -3.48. The summed E-state index contributed by atoms with van der Waals surface area (Å²) < 4.78 is 24.6. The molecule has 0 aliphatic carbocycles. The molecule has 0 unspecified atom stereocenters. The van der Waals surface area contributed by atoms with Crippen LogP contribution in [0, 0.1) is 12.3 Å². The molecular formula is C26H35N7O4S. The number of amides is 1. The molecule has 2 bridgehead atoms. The van der Waals surface area contributed by atoms with E-state index in [9.17, 15) is 18.3 Å². The van der Waals surface area contributed by atoms with Crippen LogP contribution >= 0.6 is 0 Å². The van der Waals surface area contributed by atoms with Gasteiger partial charge in [0.05, 0.1) is 16.0 Å². The number of aryl methyl sites for hydroxylation is 1. The molecule has 2 aliphatic heterocycles. The Kier molecular flexibility index (Phi) is 6.28. The maximum atomic E-state index is 12.4. The third-order valence-electron chi connectivity index (χ3n) is 8.08. The van der Waals surface area contributed by atoms with Crippen molar-refractivity contribution in [2.75, 3.05) is 16.9 Å². The number of H-pyrrole nitrogens is 1. The van der Waals surface area contributed by atoms with Crippen molar-refractivity contribution in [2.24, 2.45) is 5.41 Å². The number of nitrogens with one attached hydrogen (secondary N) is 3. The molecule has 3 aromatic heterocycles. The van der Waals surface area contributed by atoms with Crippen molar-refractivity contribution in [2.45, 2.75) is 82.3 Å². The lowest BCUT2D eigenvalue weighted by molar-refractivity contribution is -0.0861. The van der Waals surface area contributed by atoms with E-state index in [1.165, 1.54) is 6.20 Å². The van der Waals surface area contributed by atoms with Crippen molar-refractivity contribution in [3.63, 3.8) is 0 Å². The van der Waals surface area contributed by atoms with Crippen LogP contribution in [0.2, 0.25) is 0 Å². The second-order valence-corrected chi connectivity index (χ2v) is 13.7. The highest BCUT2D eigenvalue weighted by atomic mass is 32.2. The summed E-state index contributed by atoms with van der Waals surface area (Å²) in [6, 6.07) is 5.05. The first-order valence-electron chi connectivity index (χ1n) is 12.9. The van der Waals surface area contributed by atoms with E-state index in [-0.39, 0.29) is 22.4 Å². The van der Waals surface area contributed by atoms with Gasteiger partial charge in [0, 0.05) is 47.7 Å². The van der Waals surface area contributed by atoms with Gasteiger partial charge in [0.2, 0.25) is 0 Å². The Balaban J connectivity index is 1.57. The number of rotatable bonds is 5. The number of fused-ring (bicyclic) bond motifs is 3. The third kappa shape index (κ3) is 4.65. The second kappa shape index (κ2) is 9.11. The molecule has 2 fully saturated rings. The number of pyridine rings is 2. The van der Waals surface area contributed by atoms with Gasteiger partial charge in [0.1, 0.15) is 11.6 Å². The summed E-state index contributed by atoms with van der Waals surface area (Å²) in [5.41, 5.74) is 0.684. The summed E-state index contributed by atoms with van der Waals surface area (Å²) in [7, 11) is -3.48. The highest BCUT2D eigenvalue weighted by Gasteiger charge is 2.57. The molecule has 5 heterocycles. The molecule has 0 spiro atoms. The summed E-state index contributed by atoms with van der Waals surface area (Å²) in [5, 5.41) is 24.7. The number of aromatic nitrogens is 4. The number of hydrogen-bond acceptors (Lipinski definition) is 8. The standard InChI is InChI=1S/C26H35N7O4S/c1-15-9-22(32-31-15)29-21-12-20-19(11-18(14-27-20)38(5,36)37)23(30-21)28-16-10-17-7-6-8-26(13-16,25(2,3)4)33(17)24(34)35/h9,11-12,14,16-17H,6-8,10,13H2,1-5H3,(H,34,35)(H3,28,29,30,31,32)/t16-,17-,26+/m0/s1. The molecule has 5 rings (SSSR count). The number of piperidine rings is 2. The Labute approximate surface area is 222 Å². The molecule has 3 aromatic rings. The Morgan fingerprint density at radius 2 is 2.00 bits per heavy atom. The van der Waals surface area contributed by atoms with Gasteiger partial charge in [-0.15, -0.1) is 0 Å². The predicted octanol–water partition coefficient (Wildman–Crippen LogP) is 4.70. The quantitative estimate of drug-likeness (QED) is 0.360. The van der Waals surface area contributed by atoms with Crippen LogP contribution in [0.25, 0.3) is 10.9 Å². The van der Waals surface area contributed by atoms with E-state index < -0.39 is 21.5 Å². The normalized spacial score (nSPS) is 23.9. The molecular weight excluding hydrogens is 506 g/mol. The Hall–Kier alpha value is -3.41. The Bertz CT molecular complexity index is 1500. The maximum Gasteiger partial charge on any atom is 0.408 e. The average Bonchev–Trinajstić information content (AvgIpc) is 3.21. The van der Waals surface area contributed by atoms with Gasteiger partial charge in [-0.05, 0) is 50.5 Å². The fourth-order valence-corrected chi connectivity index (χ4v) is 6.83. The Morgan fingerprint density at radius 1 is 1.24 bits per heavy atom. The number of nitrogens with zero attached hydrogens (tertiary/aromatic N) is 4. The van der Waals surface area contributed by atoms with Gasteiger partial charge in [-0.3, -0.25) is 15.0 Å². The van der Waals surface area contributed by atoms with E-state index in [0.717, 1.165) is 31.2 Å². The van der Waals surface area contributed by atoms with Gasteiger partial charge in [0.15, 0.2) is 15.7 Å². The van der Waals surface area contributed by atoms with Gasteiger partial charge in [0.25, 0.3) is 0 Å². The Morgan fingerprint density at radius 3 is 2.63 bits per heavy atom. The number of aromatic amines is 1. The second-order valence-electron chi connectivity index (χ2n) is 11.7. The van der Waals surface area contributed by atoms with Crippen molar-refractivity contribution in [1.82, 2.24) is 25.1 Å². The van der Waals surface area contributed by atoms with E-state index in [4.69, 9.17) is 4.98 Å². The third-order valence-corrected chi connectivity index (χ3v) is 9.16. The van der Waals surface area contributed by atoms with E-state index >= 15 is 0 Å². The fraction of sp³-hybridized carbons (Fsp3) is 0.538. The molecule has 1 amide bonds. The molecule has 3 atom stereocenters. The maximum absolute atomic E-state index is 12.4. The van der Waals surface area contributed by atoms with Crippen molar-refractivity contribution < 1.29 is 18.3 Å². The van der Waals surface area contributed by atoms with Crippen molar-refractivity contribution in [3.05, 3.63) is 30.1 Å². The molecule has 2 aliphatic rings. The molecule has 204 valence electrons. The van der Waals surface area contributed by atoms with Crippen LogP contribution < -0.4 is 10.6 Å². The summed E-state index contributed by atoms with van der Waals surface area (Å²) >= 11 is 0. The van der Waals surface area contributed by atoms with E-state index in [1.54, 1.807) is 17.0 Å². The van der Waals surface area contributed by atoms with Gasteiger partial charge in [-0.2, -0.15) is 5.10 Å². The summed E-state index contributed by atoms with van der Waals surface area (Å²) in [6.45, 7) is 8.23. The summed E-state index contributed by atoms with van der Waals surface area (Å²) in [6.07, 6.45) is 5.51. The van der Waals surface area contributed by atoms with E-state index in [0.29, 0.717) is 41.2 Å². The zero-order valence-electron chi connectivity index (χ0n) is 22.4. The van der Waals surface area contributed by atoms with Crippen LogP contribution in [0.15, 0.2) is 29.3 Å². The average molecular weight is 542 g/mol. The van der Waals surface area contributed by atoms with Crippen molar-refractivity contribution >= 4 is 44.3 Å². The topological polar surface area (TPSA) is 153 Å². The monoisotopic (exact) mass is 541 g/mol. The van der Waals surface area contributed by atoms with Crippen LogP contribution in [0.4, 0.5) is 22.2 Å². The zero-order chi connectivity index (χ0) is 27.5. The van der Waals surface area contributed by atoms with Crippen LogP contribution in [0.3, 0.4) is 0 Å². The number of sulfone groups is 1. The number of hydrogen-bond donors (Lipinski definition) is 4. The van der Waals surface area contributed by atoms with Crippen LogP contribution in [0.1, 0.15) is 58.6 Å². The van der Waals surface area contributed by atoms with Crippen LogP contribution in [0.5, 0.6) is 0 Å². The highest BCUT2D eigenvalue weighted by Crippen LogP contribution is 2.52. The molecule has 2 saturated heterocycles. The number of carbonyl (C=O) groups is 1. The first-order chi connectivity index (χ1) is 17.8. The highest BCUT2D eigenvalue weighted by molar-refractivity contribution is 7.90. The first kappa shape index (κ1) is 26.2. The fourth-order valence-electron chi connectivity index (χ4n) is 6.25. The molecule has 38 heavy (non-hydrogen) atoms. The summed E-state index contributed by atoms with van der Waals surface area (Å²) in [4.78, 5) is 23.5. The lowest BCUT2D eigenvalue weighted by Crippen LogP contribution is -2.69. The molecule has 0 aromatic carbocycles. The predicted molar refractivity (Wildman–Crippen MR) is 146 cm³/mol.